The van der Waals surface area contributed by atoms with Crippen LogP contribution in [-0.4, -0.2) is 34.0 Å². The smallest absolute Gasteiger partial charge is 0.339 e. The Hall–Kier alpha value is -2.10. The Morgan fingerprint density at radius 2 is 2.04 bits per heavy atom. The zero-order valence-corrected chi connectivity index (χ0v) is 15.6. The largest absolute Gasteiger partial charge is 0.478 e. The van der Waals surface area contributed by atoms with Crippen LogP contribution in [0.4, 0.5) is 11.4 Å². The summed E-state index contributed by atoms with van der Waals surface area (Å²) >= 11 is 11.9. The van der Waals surface area contributed by atoms with Gasteiger partial charge in [0.1, 0.15) is 0 Å². The zero-order chi connectivity index (χ0) is 19.9. The Morgan fingerprint density at radius 3 is 2.50 bits per heavy atom. The highest BCUT2D eigenvalue weighted by Crippen LogP contribution is 2.30. The van der Waals surface area contributed by atoms with Crippen molar-refractivity contribution in [1.82, 2.24) is 4.57 Å². The van der Waals surface area contributed by atoms with E-state index in [1.807, 2.05) is 0 Å². The summed E-state index contributed by atoms with van der Waals surface area (Å²) in [5, 5.41) is 20.8. The minimum Gasteiger partial charge on any atom is -0.478 e. The molecule has 8 nitrogen and oxygen atoms in total. The SMILES string of the molecule is Cc1c(Nc2ccc(Cl)cc2Cl)c(C(=O)O)cn(C)c1=O.NOCCO. The zero-order valence-electron chi connectivity index (χ0n) is 14.1. The molecule has 0 unspecified atom stereocenters. The van der Waals surface area contributed by atoms with E-state index in [4.69, 9.17) is 28.3 Å². The van der Waals surface area contributed by atoms with Crippen LogP contribution in [0.1, 0.15) is 15.9 Å². The molecule has 142 valence electrons. The van der Waals surface area contributed by atoms with Crippen molar-refractivity contribution >= 4 is 40.5 Å². The highest BCUT2D eigenvalue weighted by Gasteiger charge is 2.17. The maximum atomic E-state index is 12.0. The number of rotatable bonds is 5. The van der Waals surface area contributed by atoms with Gasteiger partial charge in [-0.05, 0) is 25.1 Å². The molecule has 0 saturated carbocycles. The molecule has 0 aliphatic heterocycles. The Kier molecular flexibility index (Phi) is 8.56. The molecule has 1 aromatic carbocycles. The number of nitrogens with two attached hydrogens (primary N) is 1. The Labute approximate surface area is 159 Å². The number of aliphatic hydroxyl groups excluding tert-OH is 1. The van der Waals surface area contributed by atoms with Crippen LogP contribution in [0, 0.1) is 6.92 Å². The average molecular weight is 404 g/mol. The fraction of sp³-hybridized carbons (Fsp3) is 0.250. The van der Waals surface area contributed by atoms with Crippen molar-refractivity contribution in [2.75, 3.05) is 18.5 Å². The first kappa shape index (κ1) is 21.9. The summed E-state index contributed by atoms with van der Waals surface area (Å²) in [6.07, 6.45) is 1.27. The van der Waals surface area contributed by atoms with E-state index in [9.17, 15) is 14.7 Å². The first-order chi connectivity index (χ1) is 12.2. The van der Waals surface area contributed by atoms with Crippen LogP contribution >= 0.6 is 23.2 Å². The third-order valence-electron chi connectivity index (χ3n) is 3.24. The van der Waals surface area contributed by atoms with E-state index in [0.717, 1.165) is 0 Å². The summed E-state index contributed by atoms with van der Waals surface area (Å²) in [7, 11) is 1.50. The minimum atomic E-state index is -1.14. The first-order valence-corrected chi connectivity index (χ1v) is 8.06. The van der Waals surface area contributed by atoms with E-state index < -0.39 is 5.97 Å². The summed E-state index contributed by atoms with van der Waals surface area (Å²) in [5.41, 5.74) is 0.686. The molecular weight excluding hydrogens is 385 g/mol. The van der Waals surface area contributed by atoms with Gasteiger partial charge in [-0.1, -0.05) is 23.2 Å². The molecule has 0 aliphatic rings. The highest BCUT2D eigenvalue weighted by atomic mass is 35.5. The quantitative estimate of drug-likeness (QED) is 0.564. The lowest BCUT2D eigenvalue weighted by Gasteiger charge is -2.15. The lowest BCUT2D eigenvalue weighted by Crippen LogP contribution is -2.23. The van der Waals surface area contributed by atoms with Crippen LogP contribution in [0.15, 0.2) is 29.2 Å². The Bertz CT molecular complexity index is 837. The van der Waals surface area contributed by atoms with Gasteiger partial charge in [-0.15, -0.1) is 0 Å². The van der Waals surface area contributed by atoms with Gasteiger partial charge in [0.05, 0.1) is 35.2 Å². The molecule has 2 aromatic rings. The summed E-state index contributed by atoms with van der Waals surface area (Å²) in [5.74, 6) is 3.34. The molecule has 1 heterocycles. The molecule has 0 aliphatic carbocycles. The number of anilines is 2. The minimum absolute atomic E-state index is 0.00347. The number of pyridine rings is 1. The van der Waals surface area contributed by atoms with Crippen molar-refractivity contribution in [2.24, 2.45) is 12.9 Å². The van der Waals surface area contributed by atoms with E-state index in [1.165, 1.54) is 23.9 Å². The predicted octanol–water partition coefficient (Wildman–Crippen LogP) is 2.31. The number of aromatic carboxylic acids is 1. The van der Waals surface area contributed by atoms with Crippen LogP contribution in [-0.2, 0) is 11.9 Å². The van der Waals surface area contributed by atoms with E-state index >= 15 is 0 Å². The summed E-state index contributed by atoms with van der Waals surface area (Å²) in [6.45, 7) is 1.78. The molecule has 5 N–H and O–H groups in total. The number of hydrogen-bond acceptors (Lipinski definition) is 6. The lowest BCUT2D eigenvalue weighted by molar-refractivity contribution is 0.0697. The number of aryl methyl sites for hydroxylation is 1. The van der Waals surface area contributed by atoms with Gasteiger partial charge in [0, 0.05) is 23.8 Å². The molecule has 0 bridgehead atoms. The number of carboxylic acids is 1. The third kappa shape index (κ3) is 5.72. The fourth-order valence-electron chi connectivity index (χ4n) is 1.99. The van der Waals surface area contributed by atoms with Gasteiger partial charge >= 0.3 is 5.97 Å². The average Bonchev–Trinajstić information content (AvgIpc) is 2.58. The van der Waals surface area contributed by atoms with Crippen molar-refractivity contribution in [3.63, 3.8) is 0 Å². The van der Waals surface area contributed by atoms with Crippen LogP contribution in [0.25, 0.3) is 0 Å². The fourth-order valence-corrected chi connectivity index (χ4v) is 2.45. The molecule has 0 atom stereocenters. The van der Waals surface area contributed by atoms with Gasteiger partial charge in [-0.2, -0.15) is 0 Å². The normalized spacial score (nSPS) is 10.1. The number of hydrogen-bond donors (Lipinski definition) is 4. The number of benzene rings is 1. The number of carboxylic acid groups (broad SMARTS) is 1. The standard InChI is InChI=1S/C14H12Cl2N2O3.C2H7NO2/c1-7-12(9(14(20)21)6-18(2)13(7)19)17-11-4-3-8(15)5-10(11)16;3-5-2-1-4/h3-6,17H,1-2H3,(H,20,21);4H,1-3H2. The summed E-state index contributed by atoms with van der Waals surface area (Å²) in [6, 6.07) is 4.77. The van der Waals surface area contributed by atoms with Crippen molar-refractivity contribution < 1.29 is 19.8 Å². The molecule has 26 heavy (non-hydrogen) atoms. The molecule has 0 radical (unpaired) electrons. The first-order valence-electron chi connectivity index (χ1n) is 7.31. The number of carbonyl (C=O) groups is 1. The van der Waals surface area contributed by atoms with Gasteiger partial charge in [0.15, 0.2) is 0 Å². The molecule has 2 rings (SSSR count). The number of aromatic nitrogens is 1. The number of halogens is 2. The molecule has 0 saturated heterocycles. The second-order valence-electron chi connectivity index (χ2n) is 5.11. The monoisotopic (exact) mass is 403 g/mol. The van der Waals surface area contributed by atoms with Crippen LogP contribution < -0.4 is 16.8 Å². The second kappa shape index (κ2) is 10.1. The topological polar surface area (TPSA) is 127 Å². The maximum Gasteiger partial charge on any atom is 0.339 e. The van der Waals surface area contributed by atoms with Crippen molar-refractivity contribution in [1.29, 1.82) is 0 Å². The van der Waals surface area contributed by atoms with Crippen LogP contribution in [0.5, 0.6) is 0 Å². The van der Waals surface area contributed by atoms with Crippen molar-refractivity contribution in [3.05, 3.63) is 55.9 Å². The van der Waals surface area contributed by atoms with Gasteiger partial charge in [0.2, 0.25) is 0 Å². The van der Waals surface area contributed by atoms with Gasteiger partial charge < -0.3 is 24.9 Å². The number of aliphatic hydroxyl groups is 1. The molecule has 1 aromatic heterocycles. The second-order valence-corrected chi connectivity index (χ2v) is 5.95. The third-order valence-corrected chi connectivity index (χ3v) is 3.79. The van der Waals surface area contributed by atoms with E-state index in [-0.39, 0.29) is 30.0 Å². The van der Waals surface area contributed by atoms with Crippen molar-refractivity contribution in [2.45, 2.75) is 6.92 Å². The van der Waals surface area contributed by atoms with Crippen molar-refractivity contribution in [3.8, 4) is 0 Å². The van der Waals surface area contributed by atoms with Crippen LogP contribution in [0.2, 0.25) is 10.0 Å². The van der Waals surface area contributed by atoms with Gasteiger partial charge in [-0.3, -0.25) is 4.79 Å². The van der Waals surface area contributed by atoms with E-state index in [0.29, 0.717) is 21.3 Å². The highest BCUT2D eigenvalue weighted by molar-refractivity contribution is 6.36. The molecule has 0 amide bonds. The Morgan fingerprint density at radius 1 is 1.38 bits per heavy atom. The maximum absolute atomic E-state index is 12.0. The predicted molar refractivity (Wildman–Crippen MR) is 100 cm³/mol. The molecular formula is C16H19Cl2N3O5. The van der Waals surface area contributed by atoms with Gasteiger partial charge in [-0.25, -0.2) is 10.7 Å². The molecule has 0 fully saturated rings. The number of nitrogens with zero attached hydrogens (tertiary/aromatic N) is 1. The van der Waals surface area contributed by atoms with E-state index in [2.05, 4.69) is 16.1 Å². The summed E-state index contributed by atoms with van der Waals surface area (Å²) < 4.78 is 1.23. The van der Waals surface area contributed by atoms with Gasteiger partial charge in [0.25, 0.3) is 5.56 Å². The number of nitrogens with one attached hydrogen (secondary N) is 1. The van der Waals surface area contributed by atoms with Crippen LogP contribution in [0.3, 0.4) is 0 Å². The summed E-state index contributed by atoms with van der Waals surface area (Å²) in [4.78, 5) is 27.3. The van der Waals surface area contributed by atoms with E-state index in [1.54, 1.807) is 19.1 Å². The lowest BCUT2D eigenvalue weighted by atomic mass is 10.1. The molecule has 10 heteroatoms. The Balaban J connectivity index is 0.000000597. The molecule has 0 spiro atoms.